The molecule has 1 aromatic heterocycles. The van der Waals surface area contributed by atoms with Crippen LogP contribution in [0, 0.1) is 58.7 Å². The molecule has 0 aliphatic heterocycles. The Hall–Kier alpha value is -1.67. The Morgan fingerprint density at radius 3 is 2.75 bits per heavy atom. The van der Waals surface area contributed by atoms with Crippen molar-refractivity contribution in [1.29, 1.82) is 5.26 Å². The Kier molecular flexibility index (Phi) is 5.95. The molecule has 0 amide bonds. The van der Waals surface area contributed by atoms with Gasteiger partial charge in [0.1, 0.15) is 6.07 Å². The normalized spacial score (nSPS) is 43.8. The van der Waals surface area contributed by atoms with E-state index in [1.54, 1.807) is 17.1 Å². The number of aromatic nitrogens is 2. The smallest absolute Gasteiger partial charge is 0.157 e. The molecule has 4 saturated carbocycles. The number of hydrogen-bond donors (Lipinski definition) is 1. The molecule has 1 aromatic rings. The highest BCUT2D eigenvalue weighted by molar-refractivity contribution is 5.81. The van der Waals surface area contributed by atoms with Crippen molar-refractivity contribution >= 4 is 5.78 Å². The van der Waals surface area contributed by atoms with Crippen LogP contribution in [0.25, 0.3) is 0 Å². The molecule has 0 bridgehead atoms. The molecule has 1 heterocycles. The fourth-order valence-electron chi connectivity index (χ4n) is 8.61. The van der Waals surface area contributed by atoms with E-state index in [0.717, 1.165) is 42.9 Å². The monoisotopic (exact) mass is 437 g/mol. The maximum atomic E-state index is 13.4. The molecule has 5 heteroatoms. The van der Waals surface area contributed by atoms with Gasteiger partial charge in [-0.1, -0.05) is 13.3 Å². The van der Waals surface area contributed by atoms with Gasteiger partial charge in [-0.25, -0.2) is 0 Å². The summed E-state index contributed by atoms with van der Waals surface area (Å²) in [5, 5.41) is 24.0. The number of hydrogen-bond acceptors (Lipinski definition) is 4. The first-order valence-electron chi connectivity index (χ1n) is 13.0. The van der Waals surface area contributed by atoms with Gasteiger partial charge in [0.05, 0.1) is 23.9 Å². The molecule has 4 fully saturated rings. The zero-order valence-corrected chi connectivity index (χ0v) is 19.7. The topological polar surface area (TPSA) is 78.9 Å². The number of Topliss-reactive ketones (excluding diaryl/α,β-unsaturated/α-hetero) is 1. The van der Waals surface area contributed by atoms with Crippen LogP contribution in [-0.4, -0.2) is 26.3 Å². The van der Waals surface area contributed by atoms with Crippen molar-refractivity contribution < 1.29 is 9.90 Å². The largest absolute Gasteiger partial charge is 0.390 e. The summed E-state index contributed by atoms with van der Waals surface area (Å²) in [7, 11) is 0. The summed E-state index contributed by atoms with van der Waals surface area (Å²) in [5.74, 6) is 5.37. The van der Waals surface area contributed by atoms with E-state index in [0.29, 0.717) is 35.6 Å². The Labute approximate surface area is 192 Å². The minimum Gasteiger partial charge on any atom is -0.390 e. The van der Waals surface area contributed by atoms with Crippen LogP contribution in [-0.2, 0) is 11.3 Å². The second-order valence-electron chi connectivity index (χ2n) is 11.9. The Balaban J connectivity index is 1.33. The minimum atomic E-state index is -0.476. The van der Waals surface area contributed by atoms with Crippen LogP contribution in [0.3, 0.4) is 0 Å². The molecule has 4 aliphatic carbocycles. The van der Waals surface area contributed by atoms with E-state index in [1.165, 1.54) is 44.9 Å². The van der Waals surface area contributed by atoms with Crippen LogP contribution < -0.4 is 0 Å². The summed E-state index contributed by atoms with van der Waals surface area (Å²) in [6, 6.07) is 2.11. The van der Waals surface area contributed by atoms with Gasteiger partial charge in [0, 0.05) is 12.1 Å². The van der Waals surface area contributed by atoms with Crippen molar-refractivity contribution in [2.24, 2.45) is 47.3 Å². The Morgan fingerprint density at radius 1 is 1.16 bits per heavy atom. The zero-order chi connectivity index (χ0) is 22.5. The van der Waals surface area contributed by atoms with Crippen molar-refractivity contribution in [3.63, 3.8) is 0 Å². The molecule has 1 unspecified atom stereocenters. The highest BCUT2D eigenvalue weighted by atomic mass is 16.3. The van der Waals surface area contributed by atoms with Crippen LogP contribution >= 0.6 is 0 Å². The van der Waals surface area contributed by atoms with Crippen molar-refractivity contribution in [1.82, 2.24) is 9.78 Å². The molecule has 1 N–H and O–H groups in total. The molecule has 0 radical (unpaired) electrons. The van der Waals surface area contributed by atoms with Crippen LogP contribution in [0.4, 0.5) is 0 Å². The first-order valence-corrected chi connectivity index (χ1v) is 13.0. The maximum absolute atomic E-state index is 13.4. The predicted molar refractivity (Wildman–Crippen MR) is 122 cm³/mol. The third-order valence-electron chi connectivity index (χ3n) is 10.0. The second-order valence-corrected chi connectivity index (χ2v) is 11.9. The van der Waals surface area contributed by atoms with E-state index in [9.17, 15) is 9.90 Å². The molecule has 4 aliphatic rings. The standard InChI is InChI=1S/C27H39N3O2/c1-17-12-24-20-9-11-27(2,32)10-8-19(20)6-7-21(24)22-4-3-5-23(26(17)22)25(31)16-30-15-18(13-28)14-29-30/h14-15,17,19-24,26,32H,3-12,16H2,1-2H3/t17?,19-,20+,21+,22+,23+,24-,26+,27+/m1/s1. The molecule has 5 rings (SSSR count). The molecule has 174 valence electrons. The van der Waals surface area contributed by atoms with E-state index in [1.807, 2.05) is 6.92 Å². The zero-order valence-electron chi connectivity index (χ0n) is 19.7. The quantitative estimate of drug-likeness (QED) is 0.723. The summed E-state index contributed by atoms with van der Waals surface area (Å²) in [6.45, 7) is 4.76. The number of aliphatic hydroxyl groups is 1. The number of nitrogens with zero attached hydrogens (tertiary/aromatic N) is 3. The van der Waals surface area contributed by atoms with Crippen molar-refractivity contribution in [2.45, 2.75) is 90.2 Å². The van der Waals surface area contributed by atoms with E-state index < -0.39 is 5.60 Å². The highest BCUT2D eigenvalue weighted by Crippen LogP contribution is 2.59. The summed E-state index contributed by atoms with van der Waals surface area (Å²) < 4.78 is 1.66. The number of carbonyl (C=O) groups is 1. The van der Waals surface area contributed by atoms with Gasteiger partial charge in [-0.3, -0.25) is 9.48 Å². The first-order chi connectivity index (χ1) is 15.4. The lowest BCUT2D eigenvalue weighted by molar-refractivity contribution is -0.135. The van der Waals surface area contributed by atoms with Gasteiger partial charge in [0.15, 0.2) is 5.78 Å². The minimum absolute atomic E-state index is 0.145. The number of nitriles is 1. The molecule has 0 saturated heterocycles. The van der Waals surface area contributed by atoms with E-state index in [4.69, 9.17) is 5.26 Å². The molecular formula is C27H39N3O2. The number of fused-ring (bicyclic) bond motifs is 5. The third kappa shape index (κ3) is 4.04. The van der Waals surface area contributed by atoms with Gasteiger partial charge >= 0.3 is 0 Å². The van der Waals surface area contributed by atoms with Crippen LogP contribution in [0.2, 0.25) is 0 Å². The lowest BCUT2D eigenvalue weighted by atomic mass is 9.48. The van der Waals surface area contributed by atoms with E-state index in [-0.39, 0.29) is 5.92 Å². The molecule has 5 nitrogen and oxygen atoms in total. The van der Waals surface area contributed by atoms with E-state index in [2.05, 4.69) is 18.1 Å². The van der Waals surface area contributed by atoms with Crippen molar-refractivity contribution in [2.75, 3.05) is 0 Å². The SMILES string of the molecule is CC1C[C@H]2[C@@H](CC[C@@H]3CC[C@](C)(O)CC[C@@H]32)[C@@H]2CCC[C@@H](C(=O)Cn3cc(C#N)cn3)[C@@H]12. The van der Waals surface area contributed by atoms with E-state index >= 15 is 0 Å². The number of carbonyl (C=O) groups excluding carboxylic acids is 1. The molecule has 9 atom stereocenters. The first kappa shape index (κ1) is 22.1. The Morgan fingerprint density at radius 2 is 1.97 bits per heavy atom. The van der Waals surface area contributed by atoms with Gasteiger partial charge < -0.3 is 5.11 Å². The summed E-state index contributed by atoms with van der Waals surface area (Å²) in [5.41, 5.74) is 0.0444. The molecular weight excluding hydrogens is 398 g/mol. The fraction of sp³-hybridized carbons (Fsp3) is 0.815. The summed E-state index contributed by atoms with van der Waals surface area (Å²) in [4.78, 5) is 13.4. The molecule has 32 heavy (non-hydrogen) atoms. The average Bonchev–Trinajstić information content (AvgIpc) is 3.16. The van der Waals surface area contributed by atoms with Gasteiger partial charge in [-0.2, -0.15) is 10.4 Å². The third-order valence-corrected chi connectivity index (χ3v) is 10.0. The van der Waals surface area contributed by atoms with Gasteiger partial charge in [-0.15, -0.1) is 0 Å². The van der Waals surface area contributed by atoms with Crippen LogP contribution in [0.5, 0.6) is 0 Å². The lowest BCUT2D eigenvalue weighted by Crippen LogP contribution is -2.51. The number of rotatable bonds is 3. The van der Waals surface area contributed by atoms with Crippen LogP contribution in [0.1, 0.15) is 83.6 Å². The molecule has 0 aromatic carbocycles. The summed E-state index contributed by atoms with van der Waals surface area (Å²) >= 11 is 0. The second kappa shape index (κ2) is 8.60. The Bertz CT molecular complexity index is 884. The maximum Gasteiger partial charge on any atom is 0.157 e. The molecule has 0 spiro atoms. The lowest BCUT2D eigenvalue weighted by Gasteiger charge is -2.56. The predicted octanol–water partition coefficient (Wildman–Crippen LogP) is 4.98. The number of ketones is 1. The fourth-order valence-corrected chi connectivity index (χ4v) is 8.61. The summed E-state index contributed by atoms with van der Waals surface area (Å²) in [6.07, 6.45) is 14.9. The highest BCUT2D eigenvalue weighted by Gasteiger charge is 2.53. The van der Waals surface area contributed by atoms with Gasteiger partial charge in [0.25, 0.3) is 0 Å². The van der Waals surface area contributed by atoms with Crippen LogP contribution in [0.15, 0.2) is 12.4 Å². The van der Waals surface area contributed by atoms with Gasteiger partial charge in [0.2, 0.25) is 0 Å². The van der Waals surface area contributed by atoms with Crippen molar-refractivity contribution in [3.8, 4) is 6.07 Å². The van der Waals surface area contributed by atoms with Gasteiger partial charge in [-0.05, 0) is 106 Å². The van der Waals surface area contributed by atoms with Crippen molar-refractivity contribution in [3.05, 3.63) is 18.0 Å². The average molecular weight is 438 g/mol.